The molecule has 6 heteroatoms. The van der Waals surface area contributed by atoms with Crippen molar-refractivity contribution in [1.29, 1.82) is 0 Å². The van der Waals surface area contributed by atoms with E-state index in [-0.39, 0.29) is 5.04 Å². The highest BCUT2D eigenvalue weighted by Crippen LogP contribution is 2.36. The fourth-order valence-electron chi connectivity index (χ4n) is 4.41. The largest absolute Gasteiger partial charge is 0.235 e. The number of benzene rings is 4. The summed E-state index contributed by atoms with van der Waals surface area (Å²) in [6.07, 6.45) is 0. The Kier molecular flexibility index (Phi) is 6.16. The first-order chi connectivity index (χ1) is 15.2. The molecule has 0 bridgehead atoms. The average Bonchev–Trinajstić information content (AvgIpc) is 2.78. The Bertz CT molecular complexity index is 1310. The summed E-state index contributed by atoms with van der Waals surface area (Å²) in [4.78, 5) is 0.296. The van der Waals surface area contributed by atoms with Crippen molar-refractivity contribution in [3.8, 4) is 0 Å². The van der Waals surface area contributed by atoms with Crippen molar-refractivity contribution >= 4 is 55.3 Å². The lowest BCUT2D eigenvalue weighted by Gasteiger charge is -2.43. The third-order valence-electron chi connectivity index (χ3n) is 5.95. The Morgan fingerprint density at radius 1 is 0.688 bits per heavy atom. The predicted octanol–water partition coefficient (Wildman–Crippen LogP) is 5.44. The van der Waals surface area contributed by atoms with E-state index in [1.807, 2.05) is 91.0 Å². The highest BCUT2D eigenvalue weighted by molar-refractivity contribution is 9.10. The van der Waals surface area contributed by atoms with Gasteiger partial charge in [0, 0.05) is 9.86 Å². The van der Waals surface area contributed by atoms with E-state index in [4.69, 9.17) is 0 Å². The molecule has 0 aliphatic heterocycles. The molecule has 4 aromatic carbocycles. The van der Waals surface area contributed by atoms with Gasteiger partial charge in [-0.25, -0.2) is 12.8 Å². The predicted molar refractivity (Wildman–Crippen MR) is 140 cm³/mol. The minimum atomic E-state index is -3.85. The van der Waals surface area contributed by atoms with Crippen LogP contribution < -0.4 is 14.8 Å². The van der Waals surface area contributed by atoms with Gasteiger partial charge in [-0.3, -0.25) is 0 Å². The molecular weight excluding hydrogens is 498 g/mol. The van der Waals surface area contributed by atoms with Gasteiger partial charge < -0.3 is 0 Å². The maximum atomic E-state index is 14.1. The van der Waals surface area contributed by atoms with Gasteiger partial charge in [-0.1, -0.05) is 122 Å². The Morgan fingerprint density at radius 2 is 1.16 bits per heavy atom. The van der Waals surface area contributed by atoms with Crippen LogP contribution in [-0.2, 0) is 10.0 Å². The van der Waals surface area contributed by atoms with E-state index < -0.39 is 18.3 Å². The monoisotopic (exact) mass is 523 g/mol. The zero-order valence-corrected chi connectivity index (χ0v) is 21.7. The number of fused-ring (bicyclic) bond motifs is 1. The minimum absolute atomic E-state index is 0.296. The van der Waals surface area contributed by atoms with Crippen molar-refractivity contribution in [2.24, 2.45) is 0 Å². The molecule has 0 fully saturated rings. The lowest BCUT2D eigenvalue weighted by Crippen LogP contribution is -2.74. The van der Waals surface area contributed by atoms with Crippen molar-refractivity contribution in [1.82, 2.24) is 4.39 Å². The summed E-state index contributed by atoms with van der Waals surface area (Å²) in [6, 6.07) is 31.1. The molecule has 0 unspecified atom stereocenters. The van der Waals surface area contributed by atoms with Crippen LogP contribution in [-0.4, -0.2) is 16.7 Å². The van der Waals surface area contributed by atoms with E-state index in [1.54, 1.807) is 6.07 Å². The Labute approximate surface area is 199 Å². The van der Waals surface area contributed by atoms with Crippen LogP contribution in [0.15, 0.2) is 106 Å². The van der Waals surface area contributed by atoms with Crippen molar-refractivity contribution in [2.45, 2.75) is 30.7 Å². The maximum Gasteiger partial charge on any atom is 0.235 e. The first kappa shape index (κ1) is 22.9. The molecule has 164 valence electrons. The van der Waals surface area contributed by atoms with Crippen molar-refractivity contribution in [3.63, 3.8) is 0 Å². The number of sulfonamides is 1. The molecule has 4 rings (SSSR count). The summed E-state index contributed by atoms with van der Waals surface area (Å²) in [5.74, 6) is 0. The van der Waals surface area contributed by atoms with Crippen LogP contribution >= 0.6 is 15.9 Å². The van der Waals surface area contributed by atoms with Crippen LogP contribution in [0.3, 0.4) is 0 Å². The third-order valence-corrected chi connectivity index (χ3v) is 14.5. The van der Waals surface area contributed by atoms with Crippen LogP contribution in [0.2, 0.25) is 5.04 Å². The standard InChI is InChI=1S/C26H26BrNO2SSi/c1-26(2,3)32(20-12-6-4-7-13-20,21-14-8-5-9-15-21)28-31(29,30)25-19-18-24(27)22-16-10-11-17-23(22)25/h4-19,28H,1-3H3. The fourth-order valence-corrected chi connectivity index (χ4v) is 13.3. The van der Waals surface area contributed by atoms with E-state index >= 15 is 0 Å². The molecule has 32 heavy (non-hydrogen) atoms. The molecule has 0 heterocycles. The Balaban J connectivity index is 2.00. The number of nitrogens with one attached hydrogen (secondary N) is 1. The van der Waals surface area contributed by atoms with E-state index in [0.29, 0.717) is 10.3 Å². The second-order valence-electron chi connectivity index (χ2n) is 8.93. The lowest BCUT2D eigenvalue weighted by molar-refractivity contribution is 0.591. The van der Waals surface area contributed by atoms with Crippen molar-refractivity contribution in [2.75, 3.05) is 0 Å². The smallest absolute Gasteiger partial charge is 0.223 e. The number of rotatable bonds is 5. The summed E-state index contributed by atoms with van der Waals surface area (Å²) in [5, 5.41) is 3.30. The number of hydrogen-bond donors (Lipinski definition) is 1. The lowest BCUT2D eigenvalue weighted by atomic mass is 10.1. The second-order valence-corrected chi connectivity index (χ2v) is 16.2. The van der Waals surface area contributed by atoms with Crippen LogP contribution in [0.5, 0.6) is 0 Å². The molecule has 1 N–H and O–H groups in total. The zero-order chi connectivity index (χ0) is 23.0. The van der Waals surface area contributed by atoms with Crippen molar-refractivity contribution in [3.05, 3.63) is 102 Å². The Morgan fingerprint density at radius 3 is 1.66 bits per heavy atom. The van der Waals surface area contributed by atoms with Gasteiger partial charge in [0.25, 0.3) is 0 Å². The summed E-state index contributed by atoms with van der Waals surface area (Å²) in [6.45, 7) is 6.38. The molecule has 0 aromatic heterocycles. The first-order valence-electron chi connectivity index (χ1n) is 10.5. The highest BCUT2D eigenvalue weighted by Gasteiger charge is 2.51. The third kappa shape index (κ3) is 3.97. The van der Waals surface area contributed by atoms with Gasteiger partial charge in [-0.2, -0.15) is 0 Å². The minimum Gasteiger partial charge on any atom is -0.223 e. The SMILES string of the molecule is CC(C)(C)[Si](NS(=O)(=O)c1ccc(Br)c2ccccc12)(c1ccccc1)c1ccccc1. The van der Waals surface area contributed by atoms with Gasteiger partial charge in [0.1, 0.15) is 0 Å². The molecule has 0 atom stereocenters. The number of halogens is 1. The molecule has 0 spiro atoms. The van der Waals surface area contributed by atoms with E-state index in [9.17, 15) is 8.42 Å². The van der Waals surface area contributed by atoms with Crippen molar-refractivity contribution < 1.29 is 8.42 Å². The zero-order valence-electron chi connectivity index (χ0n) is 18.3. The molecule has 0 amide bonds. The highest BCUT2D eigenvalue weighted by atomic mass is 79.9. The molecule has 0 aliphatic carbocycles. The van der Waals surface area contributed by atoms with Gasteiger partial charge >= 0.3 is 0 Å². The van der Waals surface area contributed by atoms with Gasteiger partial charge in [-0.05, 0) is 32.9 Å². The van der Waals surface area contributed by atoms with Crippen LogP contribution in [0.1, 0.15) is 20.8 Å². The van der Waals surface area contributed by atoms with Gasteiger partial charge in [-0.15, -0.1) is 0 Å². The number of hydrogen-bond acceptors (Lipinski definition) is 2. The summed E-state index contributed by atoms with van der Waals surface area (Å²) in [7, 11) is -6.87. The van der Waals surface area contributed by atoms with E-state index in [0.717, 1.165) is 20.2 Å². The molecule has 3 nitrogen and oxygen atoms in total. The fraction of sp³-hybridized carbons (Fsp3) is 0.154. The second kappa shape index (κ2) is 8.59. The molecule has 0 radical (unpaired) electrons. The molecular formula is C26H26BrNO2SSi. The Hall–Kier alpha value is -2.25. The van der Waals surface area contributed by atoms with Crippen LogP contribution in [0, 0.1) is 0 Å². The van der Waals surface area contributed by atoms with Crippen LogP contribution in [0.4, 0.5) is 0 Å². The van der Waals surface area contributed by atoms with Crippen LogP contribution in [0.25, 0.3) is 10.8 Å². The average molecular weight is 525 g/mol. The summed E-state index contributed by atoms with van der Waals surface area (Å²) in [5.41, 5.74) is 0. The first-order valence-corrected chi connectivity index (χ1v) is 14.8. The van der Waals surface area contributed by atoms with Gasteiger partial charge in [0.15, 0.2) is 0 Å². The van der Waals surface area contributed by atoms with Gasteiger partial charge in [0.05, 0.1) is 4.90 Å². The molecule has 4 aromatic rings. The topological polar surface area (TPSA) is 46.2 Å². The summed E-state index contributed by atoms with van der Waals surface area (Å²) < 4.78 is 32.3. The maximum absolute atomic E-state index is 14.1. The molecule has 0 saturated carbocycles. The normalized spacial score (nSPS) is 12.8. The molecule has 0 saturated heterocycles. The quantitative estimate of drug-likeness (QED) is 0.354. The van der Waals surface area contributed by atoms with Gasteiger partial charge in [0.2, 0.25) is 18.3 Å². The molecule has 0 aliphatic rings. The van der Waals surface area contributed by atoms with E-state index in [1.165, 1.54) is 0 Å². The van der Waals surface area contributed by atoms with E-state index in [2.05, 4.69) is 41.1 Å². The summed E-state index contributed by atoms with van der Waals surface area (Å²) >= 11 is 3.56.